The first-order valence-electron chi connectivity index (χ1n) is 4.34. The van der Waals surface area contributed by atoms with E-state index in [9.17, 15) is 4.79 Å². The number of Topliss-reactive ketones (excluding diaryl/α,β-unsaturated/α-hetero) is 1. The summed E-state index contributed by atoms with van der Waals surface area (Å²) in [6.07, 6.45) is 2.38. The van der Waals surface area contributed by atoms with Crippen molar-refractivity contribution >= 4 is 17.5 Å². The van der Waals surface area contributed by atoms with Crippen LogP contribution in [-0.4, -0.2) is 27.1 Å². The molecule has 0 aliphatic carbocycles. The van der Waals surface area contributed by atoms with E-state index in [2.05, 4.69) is 5.10 Å². The highest BCUT2D eigenvalue weighted by Crippen LogP contribution is 2.26. The number of hydrogen-bond donors (Lipinski definition) is 0. The zero-order valence-corrected chi connectivity index (χ0v) is 8.38. The lowest BCUT2D eigenvalue weighted by atomic mass is 10.0. The van der Waals surface area contributed by atoms with Crippen LogP contribution < -0.4 is 0 Å². The molecule has 0 radical (unpaired) electrons. The lowest BCUT2D eigenvalue weighted by molar-refractivity contribution is -0.121. The van der Waals surface area contributed by atoms with Crippen LogP contribution in [0.4, 0.5) is 0 Å². The fourth-order valence-electron chi connectivity index (χ4n) is 1.30. The number of carbonyl (C=O) groups is 1. The minimum absolute atomic E-state index is 0.298. The van der Waals surface area contributed by atoms with Gasteiger partial charge in [0.1, 0.15) is 5.78 Å². The van der Waals surface area contributed by atoms with Gasteiger partial charge in [-0.2, -0.15) is 16.9 Å². The van der Waals surface area contributed by atoms with Gasteiger partial charge in [-0.25, -0.2) is 0 Å². The molecule has 0 N–H and O–H groups in total. The molecule has 1 aliphatic heterocycles. The second kappa shape index (κ2) is 3.54. The highest BCUT2D eigenvalue weighted by Gasteiger charge is 2.25. The quantitative estimate of drug-likeness (QED) is 0.720. The summed E-state index contributed by atoms with van der Waals surface area (Å²) in [5.41, 5.74) is 0.893. The molecule has 0 spiro atoms. The number of rotatable bonds is 3. The van der Waals surface area contributed by atoms with Crippen LogP contribution >= 0.6 is 11.8 Å². The van der Waals surface area contributed by atoms with Crippen LogP contribution in [0.5, 0.6) is 0 Å². The fraction of sp³-hybridized carbons (Fsp3) is 0.556. The first-order chi connectivity index (χ1) is 6.25. The monoisotopic (exact) mass is 196 g/mol. The molecule has 1 aliphatic rings. The van der Waals surface area contributed by atoms with E-state index in [4.69, 9.17) is 0 Å². The Morgan fingerprint density at radius 2 is 2.54 bits per heavy atom. The van der Waals surface area contributed by atoms with Gasteiger partial charge >= 0.3 is 0 Å². The van der Waals surface area contributed by atoms with Crippen molar-refractivity contribution in [3.05, 3.63) is 18.0 Å². The summed E-state index contributed by atoms with van der Waals surface area (Å²) < 4.78 is 1.73. The first kappa shape index (κ1) is 8.81. The Kier molecular flexibility index (Phi) is 2.40. The van der Waals surface area contributed by atoms with Crippen molar-refractivity contribution in [2.45, 2.75) is 6.42 Å². The van der Waals surface area contributed by atoms with Crippen molar-refractivity contribution in [1.29, 1.82) is 0 Å². The molecule has 4 heteroatoms. The Morgan fingerprint density at radius 1 is 1.77 bits per heavy atom. The normalized spacial score (nSPS) is 17.0. The SMILES string of the molecule is Cn1ccc(CC(=O)C2CSC2)n1. The number of thioether (sulfide) groups is 1. The van der Waals surface area contributed by atoms with Gasteiger partial charge in [0.25, 0.3) is 0 Å². The number of carbonyl (C=O) groups excluding carboxylic acids is 1. The fourth-order valence-corrected chi connectivity index (χ4v) is 2.15. The van der Waals surface area contributed by atoms with Crippen LogP contribution in [0.2, 0.25) is 0 Å². The van der Waals surface area contributed by atoms with Crippen LogP contribution in [-0.2, 0) is 18.3 Å². The highest BCUT2D eigenvalue weighted by molar-refractivity contribution is 8.00. The van der Waals surface area contributed by atoms with Crippen molar-refractivity contribution in [3.8, 4) is 0 Å². The molecule has 0 atom stereocenters. The van der Waals surface area contributed by atoms with Crippen molar-refractivity contribution in [2.24, 2.45) is 13.0 Å². The summed E-state index contributed by atoms with van der Waals surface area (Å²) in [5.74, 6) is 2.65. The third kappa shape index (κ3) is 1.94. The van der Waals surface area contributed by atoms with Crippen LogP contribution in [0.15, 0.2) is 12.3 Å². The van der Waals surface area contributed by atoms with Crippen molar-refractivity contribution in [3.63, 3.8) is 0 Å². The highest BCUT2D eigenvalue weighted by atomic mass is 32.2. The molecule has 1 aromatic rings. The van der Waals surface area contributed by atoms with Gasteiger partial charge in [0, 0.05) is 30.7 Å². The molecule has 1 saturated heterocycles. The van der Waals surface area contributed by atoms with Crippen LogP contribution in [0, 0.1) is 5.92 Å². The molecule has 2 rings (SSSR count). The summed E-state index contributed by atoms with van der Waals surface area (Å²) >= 11 is 1.84. The summed E-state index contributed by atoms with van der Waals surface area (Å²) in [4.78, 5) is 11.5. The average molecular weight is 196 g/mol. The Morgan fingerprint density at radius 3 is 3.00 bits per heavy atom. The summed E-state index contributed by atoms with van der Waals surface area (Å²) in [6, 6.07) is 1.91. The predicted octanol–water partition coefficient (Wildman–Crippen LogP) is 0.895. The molecule has 0 amide bonds. The van der Waals surface area contributed by atoms with E-state index < -0.39 is 0 Å². The van der Waals surface area contributed by atoms with Crippen LogP contribution in [0.1, 0.15) is 5.69 Å². The number of hydrogen-bond acceptors (Lipinski definition) is 3. The second-order valence-corrected chi connectivity index (χ2v) is 4.43. The second-order valence-electron chi connectivity index (χ2n) is 3.36. The van der Waals surface area contributed by atoms with Crippen molar-refractivity contribution in [2.75, 3.05) is 11.5 Å². The molecule has 2 heterocycles. The van der Waals surface area contributed by atoms with Crippen LogP contribution in [0.3, 0.4) is 0 Å². The average Bonchev–Trinajstić information content (AvgIpc) is 2.31. The van der Waals surface area contributed by atoms with Crippen LogP contribution in [0.25, 0.3) is 0 Å². The Labute approximate surface area is 81.5 Å². The molecule has 13 heavy (non-hydrogen) atoms. The maximum absolute atomic E-state index is 11.5. The van der Waals surface area contributed by atoms with Gasteiger partial charge in [0.2, 0.25) is 0 Å². The van der Waals surface area contributed by atoms with E-state index in [1.54, 1.807) is 4.68 Å². The van der Waals surface area contributed by atoms with E-state index in [0.29, 0.717) is 18.1 Å². The number of aromatic nitrogens is 2. The van der Waals surface area contributed by atoms with Gasteiger partial charge in [-0.1, -0.05) is 0 Å². The van der Waals surface area contributed by atoms with E-state index in [1.165, 1.54) is 0 Å². The molecular formula is C9H12N2OS. The van der Waals surface area contributed by atoms with E-state index >= 15 is 0 Å². The van der Waals surface area contributed by atoms with Crippen molar-refractivity contribution in [1.82, 2.24) is 9.78 Å². The lowest BCUT2D eigenvalue weighted by Gasteiger charge is -2.22. The first-order valence-corrected chi connectivity index (χ1v) is 5.50. The van der Waals surface area contributed by atoms with E-state index in [-0.39, 0.29) is 0 Å². The van der Waals surface area contributed by atoms with Gasteiger partial charge in [-0.3, -0.25) is 9.48 Å². The third-order valence-corrected chi connectivity index (χ3v) is 3.49. The molecule has 0 bridgehead atoms. The summed E-state index contributed by atoms with van der Waals surface area (Å²) in [6.45, 7) is 0. The number of ketones is 1. The van der Waals surface area contributed by atoms with E-state index in [0.717, 1.165) is 17.2 Å². The molecular weight excluding hydrogens is 184 g/mol. The lowest BCUT2D eigenvalue weighted by Crippen LogP contribution is -2.28. The van der Waals surface area contributed by atoms with Crippen molar-refractivity contribution < 1.29 is 4.79 Å². The molecule has 0 saturated carbocycles. The standard InChI is InChI=1S/C9H12N2OS/c1-11-3-2-8(10-11)4-9(12)7-5-13-6-7/h2-3,7H,4-6H2,1H3. The smallest absolute Gasteiger partial charge is 0.143 e. The zero-order chi connectivity index (χ0) is 9.26. The summed E-state index contributed by atoms with van der Waals surface area (Å²) in [7, 11) is 1.87. The van der Waals surface area contributed by atoms with Gasteiger partial charge < -0.3 is 0 Å². The molecule has 3 nitrogen and oxygen atoms in total. The minimum Gasteiger partial charge on any atom is -0.299 e. The third-order valence-electron chi connectivity index (χ3n) is 2.22. The summed E-state index contributed by atoms with van der Waals surface area (Å²) in [5, 5.41) is 4.18. The molecule has 0 aromatic carbocycles. The zero-order valence-electron chi connectivity index (χ0n) is 7.56. The molecule has 70 valence electrons. The van der Waals surface area contributed by atoms with Gasteiger partial charge in [0.05, 0.1) is 12.1 Å². The molecule has 1 fully saturated rings. The number of aryl methyl sites for hydroxylation is 1. The molecule has 0 unspecified atom stereocenters. The van der Waals surface area contributed by atoms with E-state index in [1.807, 2.05) is 31.1 Å². The largest absolute Gasteiger partial charge is 0.299 e. The topological polar surface area (TPSA) is 34.9 Å². The maximum atomic E-state index is 11.5. The van der Waals surface area contributed by atoms with Gasteiger partial charge in [-0.05, 0) is 6.07 Å². The predicted molar refractivity (Wildman–Crippen MR) is 52.7 cm³/mol. The Bertz CT molecular complexity index is 317. The van der Waals surface area contributed by atoms with Gasteiger partial charge in [0.15, 0.2) is 0 Å². The number of nitrogens with zero attached hydrogens (tertiary/aromatic N) is 2. The van der Waals surface area contributed by atoms with Gasteiger partial charge in [-0.15, -0.1) is 0 Å². The maximum Gasteiger partial charge on any atom is 0.143 e. The minimum atomic E-state index is 0.298. The Balaban J connectivity index is 1.93. The Hall–Kier alpha value is -0.770. The molecule has 1 aromatic heterocycles.